The molecular formula is C39H42N2O5. The van der Waals surface area contributed by atoms with Gasteiger partial charge in [0.15, 0.2) is 0 Å². The Morgan fingerprint density at radius 2 is 1.37 bits per heavy atom. The molecule has 1 saturated heterocycles. The van der Waals surface area contributed by atoms with E-state index in [-0.39, 0.29) is 24.9 Å². The molecule has 7 nitrogen and oxygen atoms in total. The van der Waals surface area contributed by atoms with E-state index in [1.165, 1.54) is 4.90 Å². The molecule has 0 saturated carbocycles. The number of rotatable bonds is 9. The Hall–Kier alpha value is -4.91. The number of aryl methyl sites for hydroxylation is 1. The normalized spacial score (nSPS) is 15.3. The summed E-state index contributed by atoms with van der Waals surface area (Å²) in [7, 11) is 0. The van der Waals surface area contributed by atoms with Crippen molar-refractivity contribution in [3.05, 3.63) is 120 Å². The van der Waals surface area contributed by atoms with Crippen LogP contribution in [0.2, 0.25) is 0 Å². The second-order valence-electron chi connectivity index (χ2n) is 13.0. The first-order valence-corrected chi connectivity index (χ1v) is 15.8. The summed E-state index contributed by atoms with van der Waals surface area (Å²) in [5.41, 5.74) is 5.77. The zero-order chi connectivity index (χ0) is 32.8. The van der Waals surface area contributed by atoms with E-state index in [0.717, 1.165) is 39.8 Å². The van der Waals surface area contributed by atoms with Gasteiger partial charge >= 0.3 is 12.1 Å². The molecule has 4 aromatic carbocycles. The van der Waals surface area contributed by atoms with Gasteiger partial charge in [0.25, 0.3) is 5.91 Å². The van der Waals surface area contributed by atoms with Crippen molar-refractivity contribution in [3.63, 3.8) is 0 Å². The molecule has 2 atom stereocenters. The number of hydrogen-bond donors (Lipinski definition) is 1. The SMILES string of the molecule is Cc1ccc(-c2ccc(C(=O)N(C[C@H]3CCCN3C(=O)OC(C)(C)C)[C@@H](Cc3ccc(-c4ccccc4)cc3)C(=O)O)cc2)cc1. The number of carbonyl (C=O) groups is 3. The van der Waals surface area contributed by atoms with Gasteiger partial charge in [-0.25, -0.2) is 9.59 Å². The summed E-state index contributed by atoms with van der Waals surface area (Å²) in [5, 5.41) is 10.6. The lowest BCUT2D eigenvalue weighted by Crippen LogP contribution is -2.53. The van der Waals surface area contributed by atoms with Crippen molar-refractivity contribution < 1.29 is 24.2 Å². The van der Waals surface area contributed by atoms with Gasteiger partial charge < -0.3 is 19.6 Å². The second-order valence-corrected chi connectivity index (χ2v) is 13.0. The lowest BCUT2D eigenvalue weighted by atomic mass is 9.98. The van der Waals surface area contributed by atoms with E-state index in [2.05, 4.69) is 0 Å². The van der Waals surface area contributed by atoms with Crippen molar-refractivity contribution in [3.8, 4) is 22.3 Å². The highest BCUT2D eigenvalue weighted by Gasteiger charge is 2.38. The monoisotopic (exact) mass is 618 g/mol. The lowest BCUT2D eigenvalue weighted by molar-refractivity contribution is -0.142. The summed E-state index contributed by atoms with van der Waals surface area (Å²) < 4.78 is 5.66. The summed E-state index contributed by atoms with van der Waals surface area (Å²) in [6.07, 6.45) is 1.06. The van der Waals surface area contributed by atoms with Crippen molar-refractivity contribution >= 4 is 18.0 Å². The van der Waals surface area contributed by atoms with Crippen molar-refractivity contribution in [2.75, 3.05) is 13.1 Å². The van der Waals surface area contributed by atoms with Crippen molar-refractivity contribution in [2.24, 2.45) is 0 Å². The van der Waals surface area contributed by atoms with E-state index in [4.69, 9.17) is 4.74 Å². The molecule has 4 aromatic rings. The van der Waals surface area contributed by atoms with Crippen LogP contribution in [0.25, 0.3) is 22.3 Å². The molecule has 0 aliphatic carbocycles. The highest BCUT2D eigenvalue weighted by molar-refractivity contribution is 5.97. The van der Waals surface area contributed by atoms with Crippen LogP contribution in [0.4, 0.5) is 4.79 Å². The summed E-state index contributed by atoms with van der Waals surface area (Å²) in [5.74, 6) is -1.49. The third-order valence-electron chi connectivity index (χ3n) is 8.34. The molecule has 1 N–H and O–H groups in total. The standard InChI is InChI=1S/C39H42N2O5/c1-27-12-16-30(17-13-27)32-20-22-33(23-21-32)36(42)41(26-34-11-8-24-40(34)38(45)46-39(2,3)4)35(37(43)44)25-28-14-18-31(19-15-28)29-9-6-5-7-10-29/h5-7,9-10,12-23,34-35H,8,11,24-26H2,1-4H3,(H,43,44)/t34-,35+/m1/s1. The quantitative estimate of drug-likeness (QED) is 0.206. The number of amides is 2. The molecule has 1 aliphatic heterocycles. The van der Waals surface area contributed by atoms with Gasteiger partial charge in [-0.3, -0.25) is 4.79 Å². The van der Waals surface area contributed by atoms with Crippen molar-refractivity contribution in [1.29, 1.82) is 0 Å². The van der Waals surface area contributed by atoms with Crippen LogP contribution in [0.5, 0.6) is 0 Å². The molecular weight excluding hydrogens is 576 g/mol. The average molecular weight is 619 g/mol. The number of nitrogens with zero attached hydrogens (tertiary/aromatic N) is 2. The topological polar surface area (TPSA) is 87.2 Å². The fourth-order valence-corrected chi connectivity index (χ4v) is 5.90. The molecule has 2 amide bonds. The molecule has 238 valence electrons. The van der Waals surface area contributed by atoms with Gasteiger partial charge in [-0.15, -0.1) is 0 Å². The highest BCUT2D eigenvalue weighted by Crippen LogP contribution is 2.27. The summed E-state index contributed by atoms with van der Waals surface area (Å²) in [6, 6.07) is 31.7. The highest BCUT2D eigenvalue weighted by atomic mass is 16.6. The molecule has 0 aromatic heterocycles. The Morgan fingerprint density at radius 3 is 1.93 bits per heavy atom. The first-order chi connectivity index (χ1) is 22.0. The van der Waals surface area contributed by atoms with Crippen LogP contribution in [-0.2, 0) is 16.0 Å². The third kappa shape index (κ3) is 8.02. The Morgan fingerprint density at radius 1 is 0.826 bits per heavy atom. The molecule has 0 unspecified atom stereocenters. The lowest BCUT2D eigenvalue weighted by Gasteiger charge is -2.35. The third-order valence-corrected chi connectivity index (χ3v) is 8.34. The molecule has 7 heteroatoms. The predicted molar refractivity (Wildman–Crippen MR) is 181 cm³/mol. The molecule has 5 rings (SSSR count). The first-order valence-electron chi connectivity index (χ1n) is 15.8. The second kappa shape index (κ2) is 14.0. The van der Waals surface area contributed by atoms with E-state index >= 15 is 0 Å². The van der Waals surface area contributed by atoms with Crippen molar-refractivity contribution in [2.45, 2.75) is 64.6 Å². The van der Waals surface area contributed by atoms with Crippen LogP contribution in [0.3, 0.4) is 0 Å². The van der Waals surface area contributed by atoms with Crippen LogP contribution in [0.1, 0.15) is 55.1 Å². The maximum Gasteiger partial charge on any atom is 0.410 e. The van der Waals surface area contributed by atoms with Crippen LogP contribution < -0.4 is 0 Å². The molecule has 1 heterocycles. The maximum atomic E-state index is 14.2. The average Bonchev–Trinajstić information content (AvgIpc) is 3.51. The molecule has 46 heavy (non-hydrogen) atoms. The van der Waals surface area contributed by atoms with Gasteiger partial charge in [0.05, 0.1) is 6.04 Å². The maximum absolute atomic E-state index is 14.2. The fraction of sp³-hybridized carbons (Fsp3) is 0.308. The minimum atomic E-state index is -1.15. The van der Waals surface area contributed by atoms with Crippen LogP contribution in [0.15, 0.2) is 103 Å². The van der Waals surface area contributed by atoms with E-state index in [0.29, 0.717) is 18.5 Å². The Labute approximate surface area is 271 Å². The number of carboxylic acids is 1. The first kappa shape index (κ1) is 32.5. The van der Waals surface area contributed by atoms with Gasteiger partial charge in [0, 0.05) is 25.1 Å². The number of ether oxygens (including phenoxy) is 1. The van der Waals surface area contributed by atoms with Gasteiger partial charge in [-0.2, -0.15) is 0 Å². The number of benzene rings is 4. The summed E-state index contributed by atoms with van der Waals surface area (Å²) in [4.78, 5) is 43.3. The van der Waals surface area contributed by atoms with Crippen LogP contribution in [-0.4, -0.2) is 63.7 Å². The zero-order valence-corrected chi connectivity index (χ0v) is 27.0. The number of aliphatic carboxylic acids is 1. The number of hydrogen-bond acceptors (Lipinski definition) is 4. The van der Waals surface area contributed by atoms with Crippen LogP contribution in [0, 0.1) is 6.92 Å². The Bertz CT molecular complexity index is 1640. The van der Waals surface area contributed by atoms with E-state index in [1.807, 2.05) is 119 Å². The Kier molecular flexibility index (Phi) is 9.90. The number of carboxylic acid groups (broad SMARTS) is 1. The number of carbonyl (C=O) groups excluding carboxylic acids is 2. The summed E-state index contributed by atoms with van der Waals surface area (Å²) >= 11 is 0. The number of likely N-dealkylation sites (tertiary alicyclic amines) is 1. The van der Waals surface area contributed by atoms with Gasteiger partial charge in [-0.05, 0) is 80.5 Å². The molecule has 0 radical (unpaired) electrons. The molecule has 0 spiro atoms. The molecule has 1 aliphatic rings. The minimum Gasteiger partial charge on any atom is -0.480 e. The summed E-state index contributed by atoms with van der Waals surface area (Å²) in [6.45, 7) is 8.05. The van der Waals surface area contributed by atoms with Crippen molar-refractivity contribution in [1.82, 2.24) is 9.80 Å². The van der Waals surface area contributed by atoms with Gasteiger partial charge in [-0.1, -0.05) is 96.6 Å². The largest absolute Gasteiger partial charge is 0.480 e. The Balaban J connectivity index is 1.44. The van der Waals surface area contributed by atoms with Crippen LogP contribution >= 0.6 is 0 Å². The molecule has 0 bridgehead atoms. The smallest absolute Gasteiger partial charge is 0.410 e. The molecule has 1 fully saturated rings. The van der Waals surface area contributed by atoms with E-state index in [1.54, 1.807) is 17.0 Å². The van der Waals surface area contributed by atoms with E-state index < -0.39 is 23.7 Å². The zero-order valence-electron chi connectivity index (χ0n) is 27.0. The predicted octanol–water partition coefficient (Wildman–Crippen LogP) is 7.87. The van der Waals surface area contributed by atoms with Gasteiger partial charge in [0.2, 0.25) is 0 Å². The van der Waals surface area contributed by atoms with E-state index in [9.17, 15) is 19.5 Å². The minimum absolute atomic E-state index is 0.0802. The van der Waals surface area contributed by atoms with Gasteiger partial charge in [0.1, 0.15) is 11.6 Å². The fourth-order valence-electron chi connectivity index (χ4n) is 5.90.